The number of sulfonamides is 1. The third-order valence-corrected chi connectivity index (χ3v) is 5.68. The van der Waals surface area contributed by atoms with Crippen LogP contribution >= 0.6 is 0 Å². The fourth-order valence-electron chi connectivity index (χ4n) is 2.72. The van der Waals surface area contributed by atoms with Crippen LogP contribution in [-0.4, -0.2) is 49.1 Å². The quantitative estimate of drug-likeness (QED) is 0.827. The monoisotopic (exact) mass is 313 g/mol. The number of pyridine rings is 1. The van der Waals surface area contributed by atoms with Gasteiger partial charge in [-0.3, -0.25) is 4.98 Å². The maximum Gasteiger partial charge on any atom is 0.246 e. The van der Waals surface area contributed by atoms with Crippen molar-refractivity contribution in [2.24, 2.45) is 5.92 Å². The Hall–Kier alpha value is -1.18. The van der Waals surface area contributed by atoms with Gasteiger partial charge in [-0.15, -0.1) is 0 Å². The standard InChI is InChI=1S/C14H23N3O3S/c1-2-16-13-5-7-15-10-14(13)21(19,20)17-8-3-4-12(11-17)6-9-18/h5,7,10,12,18H,2-4,6,8-9,11H2,1H3,(H,15,16). The molecule has 118 valence electrons. The number of nitrogens with one attached hydrogen (secondary N) is 1. The fourth-order valence-corrected chi connectivity index (χ4v) is 4.39. The molecule has 6 nitrogen and oxygen atoms in total. The summed E-state index contributed by atoms with van der Waals surface area (Å²) >= 11 is 0. The van der Waals surface area contributed by atoms with Crippen molar-refractivity contribution in [2.45, 2.75) is 31.1 Å². The molecule has 0 spiro atoms. The fraction of sp³-hybridized carbons (Fsp3) is 0.643. The van der Waals surface area contributed by atoms with Crippen LogP contribution in [-0.2, 0) is 10.0 Å². The summed E-state index contributed by atoms with van der Waals surface area (Å²) in [5.74, 6) is 0.234. The molecule has 0 aliphatic carbocycles. The summed E-state index contributed by atoms with van der Waals surface area (Å²) in [6, 6.07) is 1.69. The zero-order valence-electron chi connectivity index (χ0n) is 12.3. The first-order valence-electron chi connectivity index (χ1n) is 7.38. The average Bonchev–Trinajstić information content (AvgIpc) is 2.49. The van der Waals surface area contributed by atoms with Crippen LogP contribution < -0.4 is 5.32 Å². The first-order valence-corrected chi connectivity index (χ1v) is 8.82. The molecular weight excluding hydrogens is 290 g/mol. The van der Waals surface area contributed by atoms with Gasteiger partial charge < -0.3 is 10.4 Å². The number of anilines is 1. The Kier molecular flexibility index (Phi) is 5.55. The number of hydrogen-bond donors (Lipinski definition) is 2. The Labute approximate surface area is 126 Å². The highest BCUT2D eigenvalue weighted by molar-refractivity contribution is 7.89. The van der Waals surface area contributed by atoms with Crippen molar-refractivity contribution in [3.8, 4) is 0 Å². The lowest BCUT2D eigenvalue weighted by atomic mass is 9.97. The van der Waals surface area contributed by atoms with Crippen LogP contribution in [0.1, 0.15) is 26.2 Å². The molecule has 1 atom stereocenters. The molecule has 2 rings (SSSR count). The minimum atomic E-state index is -3.54. The predicted octanol–water partition coefficient (Wildman–Crippen LogP) is 1.30. The average molecular weight is 313 g/mol. The Morgan fingerprint density at radius 2 is 2.33 bits per heavy atom. The first kappa shape index (κ1) is 16.2. The molecule has 1 aromatic heterocycles. The molecule has 0 amide bonds. The number of nitrogens with zero attached hydrogens (tertiary/aromatic N) is 2. The molecule has 21 heavy (non-hydrogen) atoms. The summed E-state index contributed by atoms with van der Waals surface area (Å²) in [5, 5.41) is 12.1. The molecule has 1 aliphatic rings. The van der Waals surface area contributed by atoms with Crippen molar-refractivity contribution < 1.29 is 13.5 Å². The Balaban J connectivity index is 2.25. The van der Waals surface area contributed by atoms with Crippen LogP contribution in [0, 0.1) is 5.92 Å². The third-order valence-electron chi connectivity index (χ3n) is 3.79. The van der Waals surface area contributed by atoms with Crippen molar-refractivity contribution in [3.63, 3.8) is 0 Å². The zero-order valence-corrected chi connectivity index (χ0v) is 13.1. The minimum absolute atomic E-state index is 0.105. The highest BCUT2D eigenvalue weighted by atomic mass is 32.2. The van der Waals surface area contributed by atoms with E-state index in [0.29, 0.717) is 31.7 Å². The van der Waals surface area contributed by atoms with Gasteiger partial charge in [-0.2, -0.15) is 4.31 Å². The Morgan fingerprint density at radius 3 is 3.05 bits per heavy atom. The molecule has 7 heteroatoms. The van der Waals surface area contributed by atoms with Crippen LogP contribution in [0.15, 0.2) is 23.4 Å². The van der Waals surface area contributed by atoms with Crippen LogP contribution in [0.3, 0.4) is 0 Å². The van der Waals surface area contributed by atoms with Crippen molar-refractivity contribution in [1.29, 1.82) is 0 Å². The highest BCUT2D eigenvalue weighted by Gasteiger charge is 2.31. The maximum absolute atomic E-state index is 12.8. The molecule has 0 radical (unpaired) electrons. The molecule has 1 fully saturated rings. The molecule has 1 aromatic rings. The lowest BCUT2D eigenvalue weighted by Gasteiger charge is -2.32. The van der Waals surface area contributed by atoms with Crippen molar-refractivity contribution in [3.05, 3.63) is 18.5 Å². The van der Waals surface area contributed by atoms with Crippen LogP contribution in [0.5, 0.6) is 0 Å². The van der Waals surface area contributed by atoms with E-state index in [1.54, 1.807) is 12.3 Å². The van der Waals surface area contributed by atoms with Crippen LogP contribution in [0.25, 0.3) is 0 Å². The lowest BCUT2D eigenvalue weighted by molar-refractivity contribution is 0.203. The number of aliphatic hydroxyl groups excluding tert-OH is 1. The molecule has 2 N–H and O–H groups in total. The van der Waals surface area contributed by atoms with Gasteiger partial charge in [0.05, 0.1) is 5.69 Å². The molecule has 0 bridgehead atoms. The lowest BCUT2D eigenvalue weighted by Crippen LogP contribution is -2.40. The number of piperidine rings is 1. The topological polar surface area (TPSA) is 82.5 Å². The van der Waals surface area contributed by atoms with E-state index in [1.807, 2.05) is 6.92 Å². The van der Waals surface area contributed by atoms with Crippen molar-refractivity contribution in [2.75, 3.05) is 31.6 Å². The number of rotatable bonds is 6. The summed E-state index contributed by atoms with van der Waals surface area (Å²) in [7, 11) is -3.54. The van der Waals surface area contributed by atoms with E-state index in [2.05, 4.69) is 10.3 Å². The second kappa shape index (κ2) is 7.20. The van der Waals surface area contributed by atoms with Gasteiger partial charge in [0.1, 0.15) is 4.90 Å². The van der Waals surface area contributed by atoms with E-state index in [9.17, 15) is 8.42 Å². The van der Waals surface area contributed by atoms with Crippen LogP contribution in [0.2, 0.25) is 0 Å². The molecular formula is C14H23N3O3S. The summed E-state index contributed by atoms with van der Waals surface area (Å²) in [6.45, 7) is 3.69. The van der Waals surface area contributed by atoms with E-state index in [4.69, 9.17) is 5.11 Å². The Bertz CT molecular complexity index is 560. The Morgan fingerprint density at radius 1 is 1.52 bits per heavy atom. The third kappa shape index (κ3) is 3.72. The van der Waals surface area contributed by atoms with Crippen molar-refractivity contribution in [1.82, 2.24) is 9.29 Å². The molecule has 1 unspecified atom stereocenters. The summed E-state index contributed by atoms with van der Waals surface area (Å²) < 4.78 is 27.2. The maximum atomic E-state index is 12.8. The minimum Gasteiger partial charge on any atom is -0.396 e. The second-order valence-electron chi connectivity index (χ2n) is 5.29. The van der Waals surface area contributed by atoms with Gasteiger partial charge in [0.25, 0.3) is 0 Å². The highest BCUT2D eigenvalue weighted by Crippen LogP contribution is 2.28. The van der Waals surface area contributed by atoms with E-state index in [1.165, 1.54) is 10.5 Å². The first-order chi connectivity index (χ1) is 10.1. The zero-order chi connectivity index (χ0) is 15.3. The molecule has 1 aliphatic heterocycles. The van der Waals surface area contributed by atoms with E-state index < -0.39 is 10.0 Å². The van der Waals surface area contributed by atoms with Gasteiger partial charge in [-0.05, 0) is 38.2 Å². The SMILES string of the molecule is CCNc1ccncc1S(=O)(=O)N1CCCC(CCO)C1. The van der Waals surface area contributed by atoms with Gasteiger partial charge >= 0.3 is 0 Å². The largest absolute Gasteiger partial charge is 0.396 e. The molecule has 2 heterocycles. The smallest absolute Gasteiger partial charge is 0.246 e. The van der Waals surface area contributed by atoms with E-state index in [-0.39, 0.29) is 17.4 Å². The van der Waals surface area contributed by atoms with Gasteiger partial charge in [-0.1, -0.05) is 0 Å². The number of hydrogen-bond acceptors (Lipinski definition) is 5. The normalized spacial score (nSPS) is 20.4. The van der Waals surface area contributed by atoms with Gasteiger partial charge in [0.2, 0.25) is 10.0 Å². The molecule has 0 aromatic carbocycles. The van der Waals surface area contributed by atoms with Crippen molar-refractivity contribution >= 4 is 15.7 Å². The number of aliphatic hydroxyl groups is 1. The predicted molar refractivity (Wildman–Crippen MR) is 81.6 cm³/mol. The van der Waals surface area contributed by atoms with Gasteiger partial charge in [-0.25, -0.2) is 8.42 Å². The molecule has 1 saturated heterocycles. The summed E-state index contributed by atoms with van der Waals surface area (Å²) in [4.78, 5) is 4.19. The number of aromatic nitrogens is 1. The second-order valence-corrected chi connectivity index (χ2v) is 7.19. The van der Waals surface area contributed by atoms with Gasteiger partial charge in [0.15, 0.2) is 0 Å². The van der Waals surface area contributed by atoms with Gasteiger partial charge in [0, 0.05) is 38.6 Å². The van der Waals surface area contributed by atoms with E-state index >= 15 is 0 Å². The van der Waals surface area contributed by atoms with Crippen LogP contribution in [0.4, 0.5) is 5.69 Å². The molecule has 0 saturated carbocycles. The summed E-state index contributed by atoms with van der Waals surface area (Å²) in [6.07, 6.45) is 5.45. The van der Waals surface area contributed by atoms with E-state index in [0.717, 1.165) is 12.8 Å². The summed E-state index contributed by atoms with van der Waals surface area (Å²) in [5.41, 5.74) is 0.594.